The molecule has 0 atom stereocenters. The minimum absolute atomic E-state index is 0. The summed E-state index contributed by atoms with van der Waals surface area (Å²) in [5.41, 5.74) is 9.11. The maximum absolute atomic E-state index is 4.97. The second-order valence-electron chi connectivity index (χ2n) is 8.70. The van der Waals surface area contributed by atoms with Crippen LogP contribution in [0.3, 0.4) is 0 Å². The molecule has 0 radical (unpaired) electrons. The van der Waals surface area contributed by atoms with Gasteiger partial charge in [0.1, 0.15) is 14.1 Å². The fraction of sp³-hybridized carbons (Fsp3) is 0.0714. The van der Waals surface area contributed by atoms with Gasteiger partial charge in [-0.25, -0.2) is 9.97 Å². The fourth-order valence-corrected chi connectivity index (χ4v) is 6.39. The van der Waals surface area contributed by atoms with Crippen LogP contribution in [0.15, 0.2) is 59.6 Å². The number of rotatable bonds is 2. The summed E-state index contributed by atoms with van der Waals surface area (Å²) in [6.45, 7) is 0. The third kappa shape index (κ3) is 4.20. The molecule has 2 aliphatic heterocycles. The average Bonchev–Trinajstić information content (AvgIpc) is 3.68. The van der Waals surface area contributed by atoms with Crippen molar-refractivity contribution in [2.45, 2.75) is 0 Å². The zero-order valence-corrected chi connectivity index (χ0v) is 22.8. The Balaban J connectivity index is 0.00000252. The van der Waals surface area contributed by atoms with E-state index in [2.05, 4.69) is 70.7 Å². The molecule has 6 nitrogen and oxygen atoms in total. The van der Waals surface area contributed by atoms with E-state index in [1.165, 1.54) is 0 Å². The molecule has 178 valence electrons. The zero-order chi connectivity index (χ0) is 24.2. The van der Waals surface area contributed by atoms with Crippen LogP contribution in [0, 0.1) is 0 Å². The standard InChI is InChI=1S/C28H20N6S2.Mn/c1-33-11-13-35-27(33)25-21-7-3-17(29-21)15-19-5-9-23(31-19)26(28-34(2)12-14-36-28)24-10-6-20(32-24)16-18-4-8-22(25)30-18;/h3-16H,1-2H3;/q;+3. The van der Waals surface area contributed by atoms with E-state index >= 15 is 0 Å². The minimum atomic E-state index is 0. The third-order valence-corrected chi connectivity index (χ3v) is 8.21. The van der Waals surface area contributed by atoms with Crippen LogP contribution in [0.4, 0.5) is 0 Å². The first-order valence-electron chi connectivity index (χ1n) is 11.5. The Labute approximate surface area is 231 Å². The van der Waals surface area contributed by atoms with Crippen LogP contribution in [-0.2, 0) is 31.2 Å². The topological polar surface area (TPSA) is 61.7 Å². The maximum Gasteiger partial charge on any atom is 3.00 e. The van der Waals surface area contributed by atoms with Crippen molar-refractivity contribution in [2.24, 2.45) is 14.1 Å². The molecule has 7 rings (SSSR count). The van der Waals surface area contributed by atoms with Gasteiger partial charge in [0.15, 0.2) is 12.4 Å². The van der Waals surface area contributed by atoms with Gasteiger partial charge in [0.05, 0.1) is 44.7 Å². The monoisotopic (exact) mass is 559 g/mol. The van der Waals surface area contributed by atoms with E-state index in [1.807, 2.05) is 36.4 Å². The molecule has 0 fully saturated rings. The molecule has 5 aromatic heterocycles. The molecule has 5 aromatic rings. The Morgan fingerprint density at radius 1 is 0.649 bits per heavy atom. The van der Waals surface area contributed by atoms with Crippen molar-refractivity contribution >= 4 is 69.0 Å². The molecule has 8 bridgehead atoms. The second kappa shape index (κ2) is 9.35. The van der Waals surface area contributed by atoms with Gasteiger partial charge in [-0.15, -0.1) is 22.1 Å². The van der Waals surface area contributed by atoms with Crippen LogP contribution in [-0.4, -0.2) is 9.97 Å². The summed E-state index contributed by atoms with van der Waals surface area (Å²) < 4.78 is 4.24. The van der Waals surface area contributed by atoms with Crippen molar-refractivity contribution in [3.8, 4) is 21.1 Å². The minimum Gasteiger partial charge on any atom is -0.657 e. The van der Waals surface area contributed by atoms with E-state index in [1.54, 1.807) is 22.7 Å². The van der Waals surface area contributed by atoms with Crippen molar-refractivity contribution in [3.63, 3.8) is 0 Å². The molecule has 9 heteroatoms. The molecule has 0 amide bonds. The third-order valence-electron chi connectivity index (χ3n) is 6.26. The van der Waals surface area contributed by atoms with E-state index in [0.29, 0.717) is 0 Å². The Kier molecular flexibility index (Phi) is 6.01. The Morgan fingerprint density at radius 2 is 1.11 bits per heavy atom. The fourth-order valence-electron chi connectivity index (χ4n) is 4.54. The SMILES string of the molecule is C[n+]1ccsc1-c1c2nc(cc3ccc([n-]3)c(-c3scc[n+]3C)c3nc(cc4ccc1[n-]4)C=C3)C=C2.[Mn+3]. The molecule has 0 N–H and O–H groups in total. The number of hydrogen-bond acceptors (Lipinski definition) is 4. The summed E-state index contributed by atoms with van der Waals surface area (Å²) in [6, 6.07) is 12.3. The summed E-state index contributed by atoms with van der Waals surface area (Å²) in [4.78, 5) is 19.9. The predicted octanol–water partition coefficient (Wildman–Crippen LogP) is 5.02. The van der Waals surface area contributed by atoms with Crippen molar-refractivity contribution < 1.29 is 26.2 Å². The van der Waals surface area contributed by atoms with E-state index in [9.17, 15) is 0 Å². The van der Waals surface area contributed by atoms with E-state index in [4.69, 9.17) is 19.9 Å². The molecule has 7 heterocycles. The van der Waals surface area contributed by atoms with Gasteiger partial charge in [-0.05, 0) is 24.3 Å². The van der Waals surface area contributed by atoms with Gasteiger partial charge in [-0.3, -0.25) is 0 Å². The Morgan fingerprint density at radius 3 is 1.51 bits per heavy atom. The summed E-state index contributed by atoms with van der Waals surface area (Å²) in [5, 5.41) is 6.38. The van der Waals surface area contributed by atoms with Crippen molar-refractivity contribution in [1.82, 2.24) is 19.9 Å². The molecular formula is C28H20MnN6S2+3. The number of aryl methyl sites for hydroxylation is 2. The first kappa shape index (κ1) is 23.8. The quantitative estimate of drug-likeness (QED) is 0.221. The van der Waals surface area contributed by atoms with Gasteiger partial charge in [0.2, 0.25) is 0 Å². The molecule has 0 unspecified atom stereocenters. The van der Waals surface area contributed by atoms with Gasteiger partial charge in [0.25, 0.3) is 10.0 Å². The van der Waals surface area contributed by atoms with Gasteiger partial charge >= 0.3 is 17.1 Å². The van der Waals surface area contributed by atoms with Gasteiger partial charge < -0.3 is 9.97 Å². The Bertz CT molecular complexity index is 1750. The smallest absolute Gasteiger partial charge is 0.657 e. The number of fused-ring (bicyclic) bond motifs is 8. The van der Waals surface area contributed by atoms with Gasteiger partial charge in [-0.2, -0.15) is 9.13 Å². The average molecular weight is 560 g/mol. The number of aromatic nitrogens is 6. The van der Waals surface area contributed by atoms with Gasteiger partial charge in [-0.1, -0.05) is 59.1 Å². The maximum atomic E-state index is 4.97. The van der Waals surface area contributed by atoms with E-state index < -0.39 is 0 Å². The van der Waals surface area contributed by atoms with Crippen LogP contribution in [0.1, 0.15) is 22.8 Å². The normalized spacial score (nSPS) is 12.2. The summed E-state index contributed by atoms with van der Waals surface area (Å²) in [5.74, 6) is 0. The first-order chi connectivity index (χ1) is 17.6. The summed E-state index contributed by atoms with van der Waals surface area (Å²) >= 11 is 3.37. The van der Waals surface area contributed by atoms with Crippen molar-refractivity contribution in [3.05, 3.63) is 82.3 Å². The second-order valence-corrected chi connectivity index (χ2v) is 10.5. The molecule has 0 aliphatic carbocycles. The van der Waals surface area contributed by atoms with Crippen LogP contribution >= 0.6 is 22.7 Å². The van der Waals surface area contributed by atoms with Crippen molar-refractivity contribution in [2.75, 3.05) is 0 Å². The summed E-state index contributed by atoms with van der Waals surface area (Å²) in [6.07, 6.45) is 12.3. The van der Waals surface area contributed by atoms with Crippen LogP contribution in [0.2, 0.25) is 0 Å². The van der Waals surface area contributed by atoms with Gasteiger partial charge in [0, 0.05) is 0 Å². The van der Waals surface area contributed by atoms with E-state index in [-0.39, 0.29) is 17.1 Å². The Hall–Kier alpha value is -3.62. The number of nitrogens with zero attached hydrogens (tertiary/aromatic N) is 6. The predicted molar refractivity (Wildman–Crippen MR) is 146 cm³/mol. The molecule has 0 spiro atoms. The molecule has 0 saturated heterocycles. The van der Waals surface area contributed by atoms with Crippen LogP contribution in [0.5, 0.6) is 0 Å². The van der Waals surface area contributed by atoms with Crippen molar-refractivity contribution in [1.29, 1.82) is 0 Å². The molecule has 0 saturated carbocycles. The van der Waals surface area contributed by atoms with Crippen LogP contribution < -0.4 is 19.1 Å². The molecule has 37 heavy (non-hydrogen) atoms. The van der Waals surface area contributed by atoms with Crippen LogP contribution in [0.25, 0.3) is 67.5 Å². The molecular weight excluding hydrogens is 539 g/mol. The van der Waals surface area contributed by atoms with E-state index in [0.717, 1.165) is 66.0 Å². The number of thiazole rings is 2. The molecule has 2 aliphatic rings. The summed E-state index contributed by atoms with van der Waals surface area (Å²) in [7, 11) is 4.10. The largest absolute Gasteiger partial charge is 3.00 e. The first-order valence-corrected chi connectivity index (χ1v) is 13.2. The zero-order valence-electron chi connectivity index (χ0n) is 20.0. The number of hydrogen-bond donors (Lipinski definition) is 0. The molecule has 0 aromatic carbocycles.